The number of likely N-dealkylation sites (tertiary alicyclic amines) is 1. The molecule has 1 aliphatic heterocycles. The monoisotopic (exact) mass is 288 g/mol. The van der Waals surface area contributed by atoms with Gasteiger partial charge in [-0.25, -0.2) is 0 Å². The van der Waals surface area contributed by atoms with Crippen LogP contribution in [0.5, 0.6) is 0 Å². The normalized spacial score (nSPS) is 20.7. The third-order valence-electron chi connectivity index (χ3n) is 4.59. The van der Waals surface area contributed by atoms with Crippen molar-refractivity contribution in [3.63, 3.8) is 0 Å². The molecule has 1 fully saturated rings. The summed E-state index contributed by atoms with van der Waals surface area (Å²) in [5.74, 6) is 0. The first-order valence-corrected chi connectivity index (χ1v) is 8.74. The fourth-order valence-corrected chi connectivity index (χ4v) is 3.23. The maximum Gasteiger partial charge on any atom is 0.0236 e. The van der Waals surface area contributed by atoms with Crippen molar-refractivity contribution in [1.82, 2.24) is 10.2 Å². The molecule has 0 spiro atoms. The van der Waals surface area contributed by atoms with Crippen LogP contribution >= 0.6 is 0 Å². The van der Waals surface area contributed by atoms with Gasteiger partial charge in [0.1, 0.15) is 0 Å². The predicted molar refractivity (Wildman–Crippen MR) is 91.4 cm³/mol. The van der Waals surface area contributed by atoms with Crippen LogP contribution in [0, 0.1) is 0 Å². The van der Waals surface area contributed by atoms with Crippen LogP contribution in [0.3, 0.4) is 0 Å². The van der Waals surface area contributed by atoms with Crippen LogP contribution in [0.2, 0.25) is 0 Å². The van der Waals surface area contributed by atoms with Crippen molar-refractivity contribution in [3.8, 4) is 0 Å². The molecular formula is C19H32N2. The Kier molecular flexibility index (Phi) is 6.72. The van der Waals surface area contributed by atoms with Crippen LogP contribution in [-0.4, -0.2) is 23.5 Å². The highest BCUT2D eigenvalue weighted by molar-refractivity contribution is 5.22. The summed E-state index contributed by atoms with van der Waals surface area (Å²) in [4.78, 5) is 2.70. The topological polar surface area (TPSA) is 15.3 Å². The van der Waals surface area contributed by atoms with Crippen LogP contribution in [0.15, 0.2) is 24.3 Å². The van der Waals surface area contributed by atoms with Gasteiger partial charge in [-0.1, -0.05) is 57.9 Å². The SMILES string of the molecule is CCC1CCCCCN1Cc1ccc(CNC(C)C)cc1. The molecule has 1 aromatic rings. The van der Waals surface area contributed by atoms with Crippen molar-refractivity contribution in [2.75, 3.05) is 6.54 Å². The molecule has 0 radical (unpaired) electrons. The lowest BCUT2D eigenvalue weighted by molar-refractivity contribution is 0.186. The molecule has 0 amide bonds. The molecule has 0 aromatic heterocycles. The quantitative estimate of drug-likeness (QED) is 0.837. The third kappa shape index (κ3) is 5.44. The highest BCUT2D eigenvalue weighted by Gasteiger charge is 2.19. The average molecular weight is 288 g/mol. The lowest BCUT2D eigenvalue weighted by Gasteiger charge is -2.29. The van der Waals surface area contributed by atoms with Gasteiger partial charge in [0.05, 0.1) is 0 Å². The van der Waals surface area contributed by atoms with Crippen LogP contribution < -0.4 is 5.32 Å². The molecule has 1 aliphatic rings. The molecule has 0 bridgehead atoms. The highest BCUT2D eigenvalue weighted by Crippen LogP contribution is 2.21. The van der Waals surface area contributed by atoms with Gasteiger partial charge in [0.25, 0.3) is 0 Å². The molecule has 2 heteroatoms. The second kappa shape index (κ2) is 8.55. The summed E-state index contributed by atoms with van der Waals surface area (Å²) < 4.78 is 0. The lowest BCUT2D eigenvalue weighted by Crippen LogP contribution is -2.33. The predicted octanol–water partition coefficient (Wildman–Crippen LogP) is 4.34. The first-order chi connectivity index (χ1) is 10.2. The maximum absolute atomic E-state index is 3.48. The zero-order chi connectivity index (χ0) is 15.1. The molecule has 1 atom stereocenters. The van der Waals surface area contributed by atoms with Crippen LogP contribution in [0.4, 0.5) is 0 Å². The first kappa shape index (κ1) is 16.5. The zero-order valence-electron chi connectivity index (χ0n) is 14.1. The van der Waals surface area contributed by atoms with Gasteiger partial charge in [-0.3, -0.25) is 4.90 Å². The second-order valence-corrected chi connectivity index (χ2v) is 6.73. The fourth-order valence-electron chi connectivity index (χ4n) is 3.23. The number of nitrogens with one attached hydrogen (secondary N) is 1. The molecule has 1 heterocycles. The maximum atomic E-state index is 3.48. The Morgan fingerprint density at radius 2 is 1.81 bits per heavy atom. The van der Waals surface area contributed by atoms with Gasteiger partial charge in [0, 0.05) is 25.2 Å². The Hall–Kier alpha value is -0.860. The van der Waals surface area contributed by atoms with Crippen molar-refractivity contribution < 1.29 is 0 Å². The Morgan fingerprint density at radius 3 is 2.48 bits per heavy atom. The van der Waals surface area contributed by atoms with Gasteiger partial charge in [0.2, 0.25) is 0 Å². The van der Waals surface area contributed by atoms with E-state index in [1.54, 1.807) is 0 Å². The van der Waals surface area contributed by atoms with Crippen molar-refractivity contribution >= 4 is 0 Å². The summed E-state index contributed by atoms with van der Waals surface area (Å²) in [5, 5.41) is 3.48. The molecule has 118 valence electrons. The minimum atomic E-state index is 0.548. The summed E-state index contributed by atoms with van der Waals surface area (Å²) in [7, 11) is 0. The molecule has 2 rings (SSSR count). The van der Waals surface area contributed by atoms with Gasteiger partial charge in [-0.2, -0.15) is 0 Å². The minimum Gasteiger partial charge on any atom is -0.310 e. The smallest absolute Gasteiger partial charge is 0.0236 e. The third-order valence-corrected chi connectivity index (χ3v) is 4.59. The van der Waals surface area contributed by atoms with E-state index in [2.05, 4.69) is 55.3 Å². The van der Waals surface area contributed by atoms with Crippen LogP contribution in [0.1, 0.15) is 64.0 Å². The number of benzene rings is 1. The lowest BCUT2D eigenvalue weighted by atomic mass is 10.1. The number of rotatable bonds is 6. The van der Waals surface area contributed by atoms with Gasteiger partial charge in [-0.15, -0.1) is 0 Å². The van der Waals surface area contributed by atoms with Crippen LogP contribution in [-0.2, 0) is 13.1 Å². The van der Waals surface area contributed by atoms with E-state index in [1.807, 2.05) is 0 Å². The Bertz CT molecular complexity index is 397. The fraction of sp³-hybridized carbons (Fsp3) is 0.684. The molecule has 1 aromatic carbocycles. The summed E-state index contributed by atoms with van der Waals surface area (Å²) in [6, 6.07) is 10.5. The summed E-state index contributed by atoms with van der Waals surface area (Å²) >= 11 is 0. The van der Waals surface area contributed by atoms with E-state index in [-0.39, 0.29) is 0 Å². The minimum absolute atomic E-state index is 0.548. The number of nitrogens with zero attached hydrogens (tertiary/aromatic N) is 1. The highest BCUT2D eigenvalue weighted by atomic mass is 15.2. The van der Waals surface area contributed by atoms with Gasteiger partial charge >= 0.3 is 0 Å². The summed E-state index contributed by atoms with van der Waals surface area (Å²) in [6.45, 7) is 10.1. The van der Waals surface area contributed by atoms with E-state index < -0.39 is 0 Å². The van der Waals surface area contributed by atoms with E-state index in [1.165, 1.54) is 49.8 Å². The second-order valence-electron chi connectivity index (χ2n) is 6.73. The van der Waals surface area contributed by atoms with E-state index in [4.69, 9.17) is 0 Å². The van der Waals surface area contributed by atoms with E-state index >= 15 is 0 Å². The van der Waals surface area contributed by atoms with E-state index in [0.29, 0.717) is 6.04 Å². The number of hydrogen-bond donors (Lipinski definition) is 1. The van der Waals surface area contributed by atoms with Crippen molar-refractivity contribution in [2.24, 2.45) is 0 Å². The average Bonchev–Trinajstić information content (AvgIpc) is 2.71. The summed E-state index contributed by atoms with van der Waals surface area (Å²) in [6.07, 6.45) is 6.86. The largest absolute Gasteiger partial charge is 0.310 e. The Labute approximate surface area is 130 Å². The van der Waals surface area contributed by atoms with Gasteiger partial charge in [-0.05, 0) is 36.9 Å². The van der Waals surface area contributed by atoms with Gasteiger partial charge in [0.15, 0.2) is 0 Å². The molecule has 1 saturated heterocycles. The molecule has 2 nitrogen and oxygen atoms in total. The van der Waals surface area contributed by atoms with Crippen molar-refractivity contribution in [3.05, 3.63) is 35.4 Å². The van der Waals surface area contributed by atoms with Crippen molar-refractivity contribution in [1.29, 1.82) is 0 Å². The molecule has 1 N–H and O–H groups in total. The molecular weight excluding hydrogens is 256 g/mol. The molecule has 0 saturated carbocycles. The Morgan fingerprint density at radius 1 is 1.10 bits per heavy atom. The van der Waals surface area contributed by atoms with Crippen molar-refractivity contribution in [2.45, 2.75) is 78.0 Å². The zero-order valence-corrected chi connectivity index (χ0v) is 14.1. The van der Waals surface area contributed by atoms with E-state index in [0.717, 1.165) is 19.1 Å². The molecule has 1 unspecified atom stereocenters. The number of hydrogen-bond acceptors (Lipinski definition) is 2. The standard InChI is InChI=1S/C19H32N2/c1-4-19-8-6-5-7-13-21(19)15-18-11-9-17(10-12-18)14-20-16(2)3/h9-12,16,19-20H,4-8,13-15H2,1-3H3. The van der Waals surface area contributed by atoms with Crippen LogP contribution in [0.25, 0.3) is 0 Å². The van der Waals surface area contributed by atoms with E-state index in [9.17, 15) is 0 Å². The molecule has 0 aliphatic carbocycles. The van der Waals surface area contributed by atoms with Gasteiger partial charge < -0.3 is 5.32 Å². The first-order valence-electron chi connectivity index (χ1n) is 8.74. The molecule has 21 heavy (non-hydrogen) atoms. The Balaban J connectivity index is 1.92. The summed E-state index contributed by atoms with van der Waals surface area (Å²) in [5.41, 5.74) is 2.85.